The van der Waals surface area contributed by atoms with E-state index in [-0.39, 0.29) is 23.0 Å². The van der Waals surface area contributed by atoms with Crippen LogP contribution in [0.2, 0.25) is 0 Å². The van der Waals surface area contributed by atoms with Crippen molar-refractivity contribution < 1.29 is 22.7 Å². The molecule has 0 saturated heterocycles. The molecule has 0 fully saturated rings. The van der Waals surface area contributed by atoms with E-state index < -0.39 is 16.0 Å². The number of carbonyl (C=O) groups is 2. The topological polar surface area (TPSA) is 92.8 Å². The fourth-order valence-electron chi connectivity index (χ4n) is 3.15. The van der Waals surface area contributed by atoms with Gasteiger partial charge in [-0.25, -0.2) is 13.2 Å². The summed E-state index contributed by atoms with van der Waals surface area (Å²) in [6, 6.07) is 9.45. The molecule has 0 saturated carbocycles. The third-order valence-electron chi connectivity index (χ3n) is 4.63. The highest BCUT2D eigenvalue weighted by atomic mass is 32.2. The first kappa shape index (κ1) is 19.9. The SMILES string of the molecule is CCOC(=O)c1ccc(C)c(NS(=O)(=O)c2ccc3c(c2)CCN3C(C)=O)c1. The van der Waals surface area contributed by atoms with E-state index in [4.69, 9.17) is 4.74 Å². The van der Waals surface area contributed by atoms with Crippen molar-refractivity contribution in [2.75, 3.05) is 22.8 Å². The molecule has 0 bridgehead atoms. The normalized spacial score (nSPS) is 13.2. The Hall–Kier alpha value is -2.87. The smallest absolute Gasteiger partial charge is 0.338 e. The van der Waals surface area contributed by atoms with E-state index in [2.05, 4.69) is 4.72 Å². The highest BCUT2D eigenvalue weighted by Gasteiger charge is 2.25. The fraction of sp³-hybridized carbons (Fsp3) is 0.300. The Morgan fingerprint density at radius 3 is 2.61 bits per heavy atom. The third-order valence-corrected chi connectivity index (χ3v) is 5.99. The molecule has 0 aliphatic carbocycles. The lowest BCUT2D eigenvalue weighted by Gasteiger charge is -2.16. The maximum Gasteiger partial charge on any atom is 0.338 e. The summed E-state index contributed by atoms with van der Waals surface area (Å²) in [6.07, 6.45) is 0.607. The summed E-state index contributed by atoms with van der Waals surface area (Å²) in [4.78, 5) is 25.3. The number of aryl methyl sites for hydroxylation is 1. The van der Waals surface area contributed by atoms with Crippen LogP contribution in [0.1, 0.15) is 35.3 Å². The van der Waals surface area contributed by atoms with Crippen LogP contribution >= 0.6 is 0 Å². The van der Waals surface area contributed by atoms with E-state index in [1.807, 2.05) is 0 Å². The van der Waals surface area contributed by atoms with Gasteiger partial charge in [0, 0.05) is 19.2 Å². The van der Waals surface area contributed by atoms with Gasteiger partial charge < -0.3 is 9.64 Å². The van der Waals surface area contributed by atoms with Gasteiger partial charge in [0.05, 0.1) is 22.8 Å². The number of carbonyl (C=O) groups excluding carboxylic acids is 2. The van der Waals surface area contributed by atoms with Gasteiger partial charge in [-0.3, -0.25) is 9.52 Å². The van der Waals surface area contributed by atoms with Gasteiger partial charge in [0.2, 0.25) is 5.91 Å². The van der Waals surface area contributed by atoms with Gasteiger partial charge in [0.1, 0.15) is 0 Å². The number of ether oxygens (including phenoxy) is 1. The van der Waals surface area contributed by atoms with Crippen molar-refractivity contribution in [3.63, 3.8) is 0 Å². The zero-order chi connectivity index (χ0) is 20.5. The van der Waals surface area contributed by atoms with Crippen molar-refractivity contribution in [3.05, 3.63) is 53.1 Å². The largest absolute Gasteiger partial charge is 0.462 e. The van der Waals surface area contributed by atoms with Crippen LogP contribution in [0, 0.1) is 6.92 Å². The first-order chi connectivity index (χ1) is 13.2. The Labute approximate surface area is 164 Å². The van der Waals surface area contributed by atoms with Crippen molar-refractivity contribution in [3.8, 4) is 0 Å². The molecule has 0 aromatic heterocycles. The first-order valence-corrected chi connectivity index (χ1v) is 10.4. The van der Waals surface area contributed by atoms with Crippen molar-refractivity contribution in [2.45, 2.75) is 32.1 Å². The molecule has 1 aliphatic heterocycles. The molecule has 0 unspecified atom stereocenters. The Balaban J connectivity index is 1.90. The number of amides is 1. The van der Waals surface area contributed by atoms with Crippen molar-refractivity contribution in [1.82, 2.24) is 0 Å². The summed E-state index contributed by atoms with van der Waals surface area (Å²) in [7, 11) is -3.86. The number of esters is 1. The van der Waals surface area contributed by atoms with E-state index >= 15 is 0 Å². The number of sulfonamides is 1. The van der Waals surface area contributed by atoms with E-state index in [1.54, 1.807) is 43.0 Å². The molecule has 1 N–H and O–H groups in total. The molecule has 148 valence electrons. The molecular weight excluding hydrogens is 380 g/mol. The highest BCUT2D eigenvalue weighted by Crippen LogP contribution is 2.31. The molecule has 1 aliphatic rings. The Morgan fingerprint density at radius 2 is 1.93 bits per heavy atom. The molecule has 2 aromatic rings. The van der Waals surface area contributed by atoms with Gasteiger partial charge in [-0.2, -0.15) is 0 Å². The summed E-state index contributed by atoms with van der Waals surface area (Å²) in [5.74, 6) is -0.580. The Kier molecular flexibility index (Phi) is 5.42. The van der Waals surface area contributed by atoms with Crippen LogP contribution in [0.3, 0.4) is 0 Å². The van der Waals surface area contributed by atoms with Gasteiger partial charge in [-0.15, -0.1) is 0 Å². The minimum atomic E-state index is -3.86. The van der Waals surface area contributed by atoms with Gasteiger partial charge >= 0.3 is 5.97 Å². The second kappa shape index (κ2) is 7.63. The minimum Gasteiger partial charge on any atom is -0.462 e. The number of anilines is 2. The van der Waals surface area contributed by atoms with Crippen LogP contribution in [0.15, 0.2) is 41.3 Å². The van der Waals surface area contributed by atoms with E-state index in [0.29, 0.717) is 24.2 Å². The molecule has 8 heteroatoms. The predicted molar refractivity (Wildman–Crippen MR) is 106 cm³/mol. The number of hydrogen-bond donors (Lipinski definition) is 1. The minimum absolute atomic E-state index is 0.0705. The molecule has 28 heavy (non-hydrogen) atoms. The van der Waals surface area contributed by atoms with Crippen molar-refractivity contribution in [1.29, 1.82) is 0 Å². The van der Waals surface area contributed by atoms with E-state index in [9.17, 15) is 18.0 Å². The summed E-state index contributed by atoms with van der Waals surface area (Å²) in [5, 5.41) is 0. The number of hydrogen-bond acceptors (Lipinski definition) is 5. The Bertz CT molecular complexity index is 1050. The molecule has 1 heterocycles. The molecule has 7 nitrogen and oxygen atoms in total. The van der Waals surface area contributed by atoms with Gasteiger partial charge in [0.25, 0.3) is 10.0 Å². The van der Waals surface area contributed by atoms with Gasteiger partial charge in [-0.05, 0) is 61.7 Å². The number of benzene rings is 2. The third kappa shape index (κ3) is 3.87. The maximum absolute atomic E-state index is 12.9. The predicted octanol–water partition coefficient (Wildman–Crippen LogP) is 2.88. The molecular formula is C20H22N2O5S. The second-order valence-electron chi connectivity index (χ2n) is 6.57. The zero-order valence-corrected chi connectivity index (χ0v) is 16.8. The summed E-state index contributed by atoms with van der Waals surface area (Å²) < 4.78 is 33.3. The zero-order valence-electron chi connectivity index (χ0n) is 16.0. The quantitative estimate of drug-likeness (QED) is 0.777. The summed E-state index contributed by atoms with van der Waals surface area (Å²) in [6.45, 7) is 5.72. The Morgan fingerprint density at radius 1 is 1.18 bits per heavy atom. The number of nitrogens with zero attached hydrogens (tertiary/aromatic N) is 1. The maximum atomic E-state index is 12.9. The average Bonchev–Trinajstić information content (AvgIpc) is 3.07. The molecule has 3 rings (SSSR count). The van der Waals surface area contributed by atoms with E-state index in [0.717, 1.165) is 11.3 Å². The van der Waals surface area contributed by atoms with Gasteiger partial charge in [0.15, 0.2) is 0 Å². The number of fused-ring (bicyclic) bond motifs is 1. The van der Waals surface area contributed by atoms with Crippen LogP contribution < -0.4 is 9.62 Å². The van der Waals surface area contributed by atoms with E-state index in [1.165, 1.54) is 19.1 Å². The van der Waals surface area contributed by atoms with Crippen LogP contribution in [0.5, 0.6) is 0 Å². The second-order valence-corrected chi connectivity index (χ2v) is 8.25. The van der Waals surface area contributed by atoms with Crippen molar-refractivity contribution >= 4 is 33.3 Å². The van der Waals surface area contributed by atoms with Gasteiger partial charge in [-0.1, -0.05) is 6.07 Å². The molecule has 0 atom stereocenters. The van der Waals surface area contributed by atoms with Crippen LogP contribution in [-0.4, -0.2) is 33.4 Å². The standard InChI is InChI=1S/C20H22N2O5S/c1-4-27-20(24)16-6-5-13(2)18(12-16)21-28(25,26)17-7-8-19-15(11-17)9-10-22(19)14(3)23/h5-8,11-12,21H,4,9-10H2,1-3H3. The summed E-state index contributed by atoms with van der Waals surface area (Å²) in [5.41, 5.74) is 2.83. The lowest BCUT2D eigenvalue weighted by Crippen LogP contribution is -2.25. The monoisotopic (exact) mass is 402 g/mol. The molecule has 2 aromatic carbocycles. The fourth-order valence-corrected chi connectivity index (χ4v) is 4.32. The van der Waals surface area contributed by atoms with Crippen LogP contribution in [0.4, 0.5) is 11.4 Å². The van der Waals surface area contributed by atoms with Crippen LogP contribution in [0.25, 0.3) is 0 Å². The highest BCUT2D eigenvalue weighted by molar-refractivity contribution is 7.92. The molecule has 0 spiro atoms. The lowest BCUT2D eigenvalue weighted by molar-refractivity contribution is -0.116. The van der Waals surface area contributed by atoms with Crippen molar-refractivity contribution in [2.24, 2.45) is 0 Å². The lowest BCUT2D eigenvalue weighted by atomic mass is 10.1. The number of nitrogens with one attached hydrogen (secondary N) is 1. The average molecular weight is 402 g/mol. The molecule has 0 radical (unpaired) electrons. The summed E-state index contributed by atoms with van der Waals surface area (Å²) >= 11 is 0. The molecule has 1 amide bonds. The van der Waals surface area contributed by atoms with Crippen LogP contribution in [-0.2, 0) is 26.0 Å². The first-order valence-electron chi connectivity index (χ1n) is 8.94. The number of rotatable bonds is 5.